The van der Waals surface area contributed by atoms with Crippen molar-refractivity contribution in [1.82, 2.24) is 0 Å². The summed E-state index contributed by atoms with van der Waals surface area (Å²) >= 11 is 9.30. The first-order valence-electron chi connectivity index (χ1n) is 4.74. The van der Waals surface area contributed by atoms with Gasteiger partial charge in [-0.25, -0.2) is 0 Å². The van der Waals surface area contributed by atoms with Gasteiger partial charge in [0.25, 0.3) is 0 Å². The molecule has 0 fully saturated rings. The van der Waals surface area contributed by atoms with E-state index in [9.17, 15) is 0 Å². The SMILES string of the molecule is CCOC(C)=S.CO[Si](C)(OC)OC(C)=S. The molecule has 0 saturated heterocycles. The van der Waals surface area contributed by atoms with Crippen LogP contribution in [0.2, 0.25) is 6.55 Å². The summed E-state index contributed by atoms with van der Waals surface area (Å²) in [5.41, 5.74) is 0. The minimum absolute atomic E-state index is 0.456. The Morgan fingerprint density at radius 1 is 1.06 bits per heavy atom. The molecule has 0 aromatic rings. The van der Waals surface area contributed by atoms with Crippen LogP contribution in [0.4, 0.5) is 0 Å². The molecule has 4 nitrogen and oxygen atoms in total. The van der Waals surface area contributed by atoms with Crippen molar-refractivity contribution in [1.29, 1.82) is 0 Å². The van der Waals surface area contributed by atoms with Gasteiger partial charge in [0, 0.05) is 34.6 Å². The molecular formula is C9H20O4S2Si. The van der Waals surface area contributed by atoms with Crippen molar-refractivity contribution >= 4 is 43.3 Å². The third kappa shape index (κ3) is 12.0. The van der Waals surface area contributed by atoms with E-state index in [-0.39, 0.29) is 0 Å². The topological polar surface area (TPSA) is 36.9 Å². The summed E-state index contributed by atoms with van der Waals surface area (Å²) in [5, 5.41) is 1.08. The molecule has 0 spiro atoms. The third-order valence-corrected chi connectivity index (χ3v) is 3.93. The quantitative estimate of drug-likeness (QED) is 0.583. The molecule has 0 aliphatic rings. The van der Waals surface area contributed by atoms with E-state index in [1.54, 1.807) is 34.6 Å². The Morgan fingerprint density at radius 3 is 1.56 bits per heavy atom. The van der Waals surface area contributed by atoms with Gasteiger partial charge in [0.05, 0.1) is 6.61 Å². The summed E-state index contributed by atoms with van der Waals surface area (Å²) < 4.78 is 19.9. The van der Waals surface area contributed by atoms with Crippen molar-refractivity contribution < 1.29 is 18.0 Å². The van der Waals surface area contributed by atoms with E-state index in [4.69, 9.17) is 30.2 Å². The van der Waals surface area contributed by atoms with Gasteiger partial charge in [-0.15, -0.1) is 0 Å². The molecule has 0 unspecified atom stereocenters. The lowest BCUT2D eigenvalue weighted by Crippen LogP contribution is -2.41. The molecule has 0 aromatic carbocycles. The first-order chi connectivity index (χ1) is 7.31. The Labute approximate surface area is 110 Å². The molecule has 96 valence electrons. The van der Waals surface area contributed by atoms with E-state index < -0.39 is 8.80 Å². The van der Waals surface area contributed by atoms with Crippen molar-refractivity contribution in [3.63, 3.8) is 0 Å². The summed E-state index contributed by atoms with van der Waals surface area (Å²) in [6.07, 6.45) is 0. The highest BCUT2D eigenvalue weighted by molar-refractivity contribution is 7.80. The molecule has 0 heterocycles. The zero-order valence-electron chi connectivity index (χ0n) is 10.7. The second-order valence-corrected chi connectivity index (χ2v) is 6.68. The van der Waals surface area contributed by atoms with Crippen LogP contribution < -0.4 is 0 Å². The van der Waals surface area contributed by atoms with Gasteiger partial charge in [-0.2, -0.15) is 0 Å². The molecule has 0 saturated carbocycles. The predicted octanol–water partition coefficient (Wildman–Crippen LogP) is 2.58. The lowest BCUT2D eigenvalue weighted by molar-refractivity contribution is 0.166. The standard InChI is InChI=1S/C5H12O3SSi.C4H8OS/c1-5(9)8-10(4,6-2)7-3;1-3-5-4(2)6/h1-4H3;3H2,1-2H3. The molecule has 0 atom stereocenters. The lowest BCUT2D eigenvalue weighted by atomic mass is 10.8. The van der Waals surface area contributed by atoms with E-state index in [1.807, 2.05) is 6.92 Å². The van der Waals surface area contributed by atoms with Crippen molar-refractivity contribution in [2.75, 3.05) is 20.8 Å². The van der Waals surface area contributed by atoms with Crippen molar-refractivity contribution in [3.05, 3.63) is 0 Å². The molecular weight excluding hydrogens is 264 g/mol. The second-order valence-electron chi connectivity index (χ2n) is 2.79. The molecule has 7 heteroatoms. The summed E-state index contributed by atoms with van der Waals surface area (Å²) in [4.78, 5) is 0. The Balaban J connectivity index is 0. The zero-order chi connectivity index (χ0) is 13.2. The molecule has 0 aliphatic heterocycles. The van der Waals surface area contributed by atoms with Crippen LogP contribution in [0.3, 0.4) is 0 Å². The highest BCUT2D eigenvalue weighted by Gasteiger charge is 2.34. The Kier molecular flexibility index (Phi) is 11.5. The maximum absolute atomic E-state index is 5.16. The molecule has 0 amide bonds. The average Bonchev–Trinajstić information content (AvgIpc) is 2.17. The van der Waals surface area contributed by atoms with Gasteiger partial charge >= 0.3 is 8.80 Å². The van der Waals surface area contributed by atoms with Gasteiger partial charge in [0.15, 0.2) is 5.05 Å². The fourth-order valence-corrected chi connectivity index (χ4v) is 2.06. The molecule has 0 N–H and O–H groups in total. The van der Waals surface area contributed by atoms with Crippen LogP contribution in [0.15, 0.2) is 0 Å². The zero-order valence-corrected chi connectivity index (χ0v) is 13.3. The number of rotatable bonds is 4. The Morgan fingerprint density at radius 2 is 1.50 bits per heavy atom. The smallest absolute Gasteiger partial charge is 0.495 e. The Hall–Kier alpha value is -0.0831. The molecule has 0 radical (unpaired) electrons. The van der Waals surface area contributed by atoms with Crippen LogP contribution in [0.25, 0.3) is 0 Å². The lowest BCUT2D eigenvalue weighted by Gasteiger charge is -2.21. The average molecular weight is 284 g/mol. The maximum atomic E-state index is 5.16. The fourth-order valence-electron chi connectivity index (χ4n) is 0.631. The van der Waals surface area contributed by atoms with Crippen LogP contribution in [0.1, 0.15) is 20.8 Å². The number of thiocarbonyl (C=S) groups is 2. The number of hydrogen-bond acceptors (Lipinski definition) is 6. The normalized spacial score (nSPS) is 9.88. The first kappa shape index (κ1) is 18.3. The van der Waals surface area contributed by atoms with Crippen LogP contribution >= 0.6 is 24.4 Å². The molecule has 16 heavy (non-hydrogen) atoms. The maximum Gasteiger partial charge on any atom is 0.562 e. The monoisotopic (exact) mass is 284 g/mol. The number of hydrogen-bond donors (Lipinski definition) is 0. The summed E-state index contributed by atoms with van der Waals surface area (Å²) in [5.74, 6) is 0. The van der Waals surface area contributed by atoms with Crippen LogP contribution in [-0.2, 0) is 18.0 Å². The van der Waals surface area contributed by atoms with Crippen LogP contribution in [0, 0.1) is 0 Å². The second kappa shape index (κ2) is 10.1. The van der Waals surface area contributed by atoms with Crippen LogP contribution in [-0.4, -0.2) is 39.7 Å². The summed E-state index contributed by atoms with van der Waals surface area (Å²) in [6.45, 7) is 7.84. The molecule has 0 bridgehead atoms. The van der Waals surface area contributed by atoms with Crippen LogP contribution in [0.5, 0.6) is 0 Å². The van der Waals surface area contributed by atoms with Gasteiger partial charge in [-0.3, -0.25) is 0 Å². The Bertz CT molecular complexity index is 220. The van der Waals surface area contributed by atoms with Crippen molar-refractivity contribution in [2.45, 2.75) is 27.3 Å². The van der Waals surface area contributed by atoms with Gasteiger partial charge in [-0.1, -0.05) is 0 Å². The van der Waals surface area contributed by atoms with Crippen molar-refractivity contribution in [3.8, 4) is 0 Å². The van der Waals surface area contributed by atoms with E-state index in [1.165, 1.54) is 0 Å². The highest BCUT2D eigenvalue weighted by Crippen LogP contribution is 2.06. The fraction of sp³-hybridized carbons (Fsp3) is 0.778. The van der Waals surface area contributed by atoms with E-state index >= 15 is 0 Å². The number of ether oxygens (including phenoxy) is 1. The van der Waals surface area contributed by atoms with E-state index in [2.05, 4.69) is 12.2 Å². The van der Waals surface area contributed by atoms with E-state index in [0.29, 0.717) is 16.7 Å². The summed E-state index contributed by atoms with van der Waals surface area (Å²) in [6, 6.07) is 0. The van der Waals surface area contributed by atoms with Gasteiger partial charge < -0.3 is 18.0 Å². The molecule has 0 aliphatic carbocycles. The van der Waals surface area contributed by atoms with Gasteiger partial charge in [0.1, 0.15) is 5.05 Å². The predicted molar refractivity (Wildman–Crippen MR) is 74.9 cm³/mol. The van der Waals surface area contributed by atoms with E-state index in [0.717, 1.165) is 0 Å². The van der Waals surface area contributed by atoms with Crippen molar-refractivity contribution in [2.24, 2.45) is 0 Å². The minimum atomic E-state index is -2.40. The largest absolute Gasteiger partial charge is 0.562 e. The van der Waals surface area contributed by atoms with Gasteiger partial charge in [0.2, 0.25) is 0 Å². The third-order valence-electron chi connectivity index (χ3n) is 1.42. The first-order valence-corrected chi connectivity index (χ1v) is 7.78. The highest BCUT2D eigenvalue weighted by atomic mass is 32.1. The van der Waals surface area contributed by atoms with Gasteiger partial charge in [-0.05, 0) is 31.4 Å². The molecule has 0 rings (SSSR count). The minimum Gasteiger partial charge on any atom is -0.495 e. The molecule has 0 aromatic heterocycles. The summed E-state index contributed by atoms with van der Waals surface area (Å²) in [7, 11) is 0.698.